The number of rotatable bonds is 7. The summed E-state index contributed by atoms with van der Waals surface area (Å²) >= 11 is 1.53. The van der Waals surface area contributed by atoms with Gasteiger partial charge in [-0.2, -0.15) is 0 Å². The van der Waals surface area contributed by atoms with Crippen molar-refractivity contribution in [1.82, 2.24) is 14.8 Å². The smallest absolute Gasteiger partial charge is 0.228 e. The Balaban J connectivity index is 1.60. The Morgan fingerprint density at radius 3 is 2.66 bits per heavy atom. The Labute approximate surface area is 173 Å². The molecule has 1 fully saturated rings. The molecule has 0 radical (unpaired) electrons. The van der Waals surface area contributed by atoms with Crippen molar-refractivity contribution < 1.29 is 13.9 Å². The molecule has 6 nitrogen and oxygen atoms in total. The average Bonchev–Trinajstić information content (AvgIpc) is 3.16. The number of ether oxygens (including phenoxy) is 2. The van der Waals surface area contributed by atoms with Gasteiger partial charge in [-0.3, -0.25) is 4.57 Å². The van der Waals surface area contributed by atoms with E-state index in [9.17, 15) is 4.39 Å². The van der Waals surface area contributed by atoms with Crippen LogP contribution in [0.15, 0.2) is 53.7 Å². The summed E-state index contributed by atoms with van der Waals surface area (Å²) in [6, 6.07) is 14.8. The number of morpholine rings is 1. The summed E-state index contributed by atoms with van der Waals surface area (Å²) in [7, 11) is 1.59. The highest BCUT2D eigenvalue weighted by Crippen LogP contribution is 2.30. The Hall–Kier alpha value is -2.58. The van der Waals surface area contributed by atoms with Crippen molar-refractivity contribution in [3.63, 3.8) is 0 Å². The first-order chi connectivity index (χ1) is 14.2. The third kappa shape index (κ3) is 4.71. The lowest BCUT2D eigenvalue weighted by molar-refractivity contribution is 0.121. The topological polar surface area (TPSA) is 52.4 Å². The predicted octanol–water partition coefficient (Wildman–Crippen LogP) is 3.60. The molecule has 3 aromatic rings. The van der Waals surface area contributed by atoms with Gasteiger partial charge in [-0.15, -0.1) is 10.2 Å². The molecule has 0 atom stereocenters. The van der Waals surface area contributed by atoms with Crippen LogP contribution in [0.25, 0.3) is 0 Å². The van der Waals surface area contributed by atoms with Crippen LogP contribution in [-0.2, 0) is 17.0 Å². The van der Waals surface area contributed by atoms with Crippen molar-refractivity contribution in [2.24, 2.45) is 0 Å². The van der Waals surface area contributed by atoms with Crippen LogP contribution in [0.5, 0.6) is 5.75 Å². The van der Waals surface area contributed by atoms with Crippen LogP contribution in [-0.4, -0.2) is 48.2 Å². The quantitative estimate of drug-likeness (QED) is 0.551. The van der Waals surface area contributed by atoms with Crippen LogP contribution in [0.4, 0.5) is 10.3 Å². The lowest BCUT2D eigenvalue weighted by Crippen LogP contribution is -2.38. The Morgan fingerprint density at radius 1 is 1.10 bits per heavy atom. The molecule has 1 aliphatic rings. The summed E-state index contributed by atoms with van der Waals surface area (Å²) in [5.41, 5.74) is 1.96. The maximum absolute atomic E-state index is 13.7. The number of hydrogen-bond donors (Lipinski definition) is 0. The van der Waals surface area contributed by atoms with E-state index >= 15 is 0 Å². The van der Waals surface area contributed by atoms with Crippen LogP contribution < -0.4 is 9.64 Å². The predicted molar refractivity (Wildman–Crippen MR) is 111 cm³/mol. The molecule has 2 aromatic carbocycles. The van der Waals surface area contributed by atoms with E-state index in [-0.39, 0.29) is 5.82 Å². The van der Waals surface area contributed by atoms with Gasteiger partial charge in [0.05, 0.1) is 26.9 Å². The Bertz CT molecular complexity index is 945. The molecular weight excluding hydrogens is 391 g/mol. The van der Waals surface area contributed by atoms with Crippen molar-refractivity contribution in [2.75, 3.05) is 38.3 Å². The van der Waals surface area contributed by atoms with Crippen molar-refractivity contribution in [2.45, 2.75) is 17.5 Å². The second-order valence-electron chi connectivity index (χ2n) is 6.70. The van der Waals surface area contributed by atoms with E-state index in [1.165, 1.54) is 29.5 Å². The molecule has 1 saturated heterocycles. The molecule has 4 rings (SSSR count). The Morgan fingerprint density at radius 2 is 1.90 bits per heavy atom. The lowest BCUT2D eigenvalue weighted by atomic mass is 10.2. The SMILES string of the molecule is COc1ccc(F)cc1CSc1nnc(N2CCOCC2)n1Cc1ccccc1. The molecular formula is C21H23FN4O2S. The number of halogens is 1. The molecule has 29 heavy (non-hydrogen) atoms. The zero-order chi connectivity index (χ0) is 20.1. The number of benzene rings is 2. The zero-order valence-electron chi connectivity index (χ0n) is 16.3. The molecule has 152 valence electrons. The molecule has 0 N–H and O–H groups in total. The number of nitrogens with zero attached hydrogens (tertiary/aromatic N) is 4. The van der Waals surface area contributed by atoms with Crippen molar-refractivity contribution in [1.29, 1.82) is 0 Å². The van der Waals surface area contributed by atoms with Gasteiger partial charge in [0.2, 0.25) is 5.95 Å². The largest absolute Gasteiger partial charge is 0.496 e. The molecule has 0 bridgehead atoms. The molecule has 1 aliphatic heterocycles. The van der Waals surface area contributed by atoms with Gasteiger partial charge in [0.15, 0.2) is 5.16 Å². The van der Waals surface area contributed by atoms with Gasteiger partial charge in [0, 0.05) is 24.4 Å². The number of anilines is 1. The van der Waals surface area contributed by atoms with Gasteiger partial charge < -0.3 is 14.4 Å². The molecule has 2 heterocycles. The van der Waals surface area contributed by atoms with E-state index in [4.69, 9.17) is 9.47 Å². The molecule has 0 spiro atoms. The first kappa shape index (κ1) is 19.7. The van der Waals surface area contributed by atoms with Crippen LogP contribution in [0.3, 0.4) is 0 Å². The summed E-state index contributed by atoms with van der Waals surface area (Å²) in [6.45, 7) is 3.61. The highest BCUT2D eigenvalue weighted by Gasteiger charge is 2.21. The normalized spacial score (nSPS) is 14.2. The number of thioether (sulfide) groups is 1. The monoisotopic (exact) mass is 414 g/mol. The van der Waals surface area contributed by atoms with Gasteiger partial charge in [-0.25, -0.2) is 4.39 Å². The van der Waals surface area contributed by atoms with E-state index in [1.807, 2.05) is 18.2 Å². The van der Waals surface area contributed by atoms with Gasteiger partial charge in [-0.1, -0.05) is 42.1 Å². The van der Waals surface area contributed by atoms with Gasteiger partial charge in [-0.05, 0) is 23.8 Å². The van der Waals surface area contributed by atoms with E-state index in [0.29, 0.717) is 31.3 Å². The maximum atomic E-state index is 13.7. The highest BCUT2D eigenvalue weighted by atomic mass is 32.2. The van der Waals surface area contributed by atoms with Gasteiger partial charge >= 0.3 is 0 Å². The molecule has 8 heteroatoms. The number of aromatic nitrogens is 3. The minimum Gasteiger partial charge on any atom is -0.496 e. The van der Waals surface area contributed by atoms with Crippen molar-refractivity contribution in [3.8, 4) is 5.75 Å². The summed E-state index contributed by atoms with van der Waals surface area (Å²) in [5, 5.41) is 9.70. The second-order valence-corrected chi connectivity index (χ2v) is 7.64. The van der Waals surface area contributed by atoms with E-state index in [1.54, 1.807) is 13.2 Å². The maximum Gasteiger partial charge on any atom is 0.228 e. The standard InChI is InChI=1S/C21H23FN4O2S/c1-27-19-8-7-18(22)13-17(19)15-29-21-24-23-20(25-9-11-28-12-10-25)26(21)14-16-5-3-2-4-6-16/h2-8,13H,9-12,14-15H2,1H3. The van der Waals surface area contributed by atoms with Crippen LogP contribution in [0, 0.1) is 5.82 Å². The minimum absolute atomic E-state index is 0.277. The first-order valence-electron chi connectivity index (χ1n) is 9.49. The van der Waals surface area contributed by atoms with Crippen LogP contribution in [0.2, 0.25) is 0 Å². The molecule has 0 saturated carbocycles. The summed E-state index contributed by atoms with van der Waals surface area (Å²) in [5.74, 6) is 1.77. The van der Waals surface area contributed by atoms with Crippen molar-refractivity contribution >= 4 is 17.7 Å². The highest BCUT2D eigenvalue weighted by molar-refractivity contribution is 7.98. The van der Waals surface area contributed by atoms with E-state index in [2.05, 4.69) is 31.8 Å². The van der Waals surface area contributed by atoms with Crippen molar-refractivity contribution in [3.05, 3.63) is 65.5 Å². The second kappa shape index (κ2) is 9.28. The fourth-order valence-corrected chi connectivity index (χ4v) is 4.20. The molecule has 0 unspecified atom stereocenters. The zero-order valence-corrected chi connectivity index (χ0v) is 17.1. The van der Waals surface area contributed by atoms with Gasteiger partial charge in [0.1, 0.15) is 11.6 Å². The third-order valence-corrected chi connectivity index (χ3v) is 5.79. The number of hydrogen-bond acceptors (Lipinski definition) is 6. The lowest BCUT2D eigenvalue weighted by Gasteiger charge is -2.28. The van der Waals surface area contributed by atoms with Crippen LogP contribution in [0.1, 0.15) is 11.1 Å². The average molecular weight is 415 g/mol. The molecule has 1 aromatic heterocycles. The summed E-state index contributed by atoms with van der Waals surface area (Å²) < 4.78 is 26.7. The van der Waals surface area contributed by atoms with Gasteiger partial charge in [0.25, 0.3) is 0 Å². The third-order valence-electron chi connectivity index (χ3n) is 4.77. The Kier molecular flexibility index (Phi) is 6.31. The molecule has 0 aliphatic carbocycles. The van der Waals surface area contributed by atoms with Crippen LogP contribution >= 0.6 is 11.8 Å². The fraction of sp³-hybridized carbons (Fsp3) is 0.333. The summed E-state index contributed by atoms with van der Waals surface area (Å²) in [6.07, 6.45) is 0. The fourth-order valence-electron chi connectivity index (χ4n) is 3.29. The van der Waals surface area contributed by atoms with E-state index < -0.39 is 0 Å². The first-order valence-corrected chi connectivity index (χ1v) is 10.5. The van der Waals surface area contributed by atoms with E-state index in [0.717, 1.165) is 29.8 Å². The minimum atomic E-state index is -0.277. The summed E-state index contributed by atoms with van der Waals surface area (Å²) in [4.78, 5) is 2.20. The number of methoxy groups -OCH3 is 1. The molecule has 0 amide bonds.